The summed E-state index contributed by atoms with van der Waals surface area (Å²) < 4.78 is 4.52. The average Bonchev–Trinajstić information content (AvgIpc) is 1.89. The van der Waals surface area contributed by atoms with E-state index in [0.717, 1.165) is 39.7 Å². The molecule has 9 aromatic heterocycles. The number of nitrogens with zero attached hydrogens (tertiary/aromatic N) is 10. The van der Waals surface area contributed by atoms with Crippen LogP contribution in [0.15, 0.2) is 208 Å². The molecule has 10 heteroatoms. The number of hydrogen-bond donors (Lipinski definition) is 0. The maximum atomic E-state index is 4.17. The number of hydrogen-bond acceptors (Lipinski definition) is 8. The first-order valence-corrected chi connectivity index (χ1v) is 29.1. The molecule has 86 heavy (non-hydrogen) atoms. The summed E-state index contributed by atoms with van der Waals surface area (Å²) in [6.07, 6.45) is 16.3. The summed E-state index contributed by atoms with van der Waals surface area (Å²) in [6, 6.07) is 52.5. The van der Waals surface area contributed by atoms with Gasteiger partial charge in [0.05, 0.1) is 0 Å². The third-order valence-corrected chi connectivity index (χ3v) is 14.1. The first-order valence-electron chi connectivity index (χ1n) is 29.1. The molecule has 0 bridgehead atoms. The van der Waals surface area contributed by atoms with E-state index in [2.05, 4.69) is 214 Å². The second-order valence-corrected chi connectivity index (χ2v) is 21.7. The van der Waals surface area contributed by atoms with Crippen LogP contribution in [0.5, 0.6) is 0 Å². The van der Waals surface area contributed by atoms with Gasteiger partial charge in [-0.3, -0.25) is 29.9 Å². The lowest BCUT2D eigenvalue weighted by molar-refractivity contribution is 1.01. The average molecular weight is 1140 g/mol. The summed E-state index contributed by atoms with van der Waals surface area (Å²) in [6.45, 7) is 32.6. The van der Waals surface area contributed by atoms with Gasteiger partial charge in [0.25, 0.3) is 0 Å². The van der Waals surface area contributed by atoms with E-state index in [1.807, 2.05) is 161 Å². The smallest absolute Gasteiger partial charge is 0.115 e. The van der Waals surface area contributed by atoms with Crippen molar-refractivity contribution in [1.29, 1.82) is 0 Å². The molecule has 4 aromatic carbocycles. The number of para-hydroxylation sites is 2. The van der Waals surface area contributed by atoms with Crippen LogP contribution >= 0.6 is 0 Å². The number of benzene rings is 4. The fourth-order valence-electron chi connectivity index (χ4n) is 8.85. The van der Waals surface area contributed by atoms with E-state index in [0.29, 0.717) is 0 Å². The van der Waals surface area contributed by atoms with Crippen molar-refractivity contribution in [2.24, 2.45) is 14.1 Å². The molecule has 0 fully saturated rings. The molecule has 10 nitrogen and oxygen atoms in total. The summed E-state index contributed by atoms with van der Waals surface area (Å²) in [4.78, 5) is 32.1. The molecule has 13 aromatic rings. The third-order valence-electron chi connectivity index (χ3n) is 14.1. The van der Waals surface area contributed by atoms with Crippen LogP contribution in [0.4, 0.5) is 0 Å². The topological polar surface area (TPSA) is 113 Å². The van der Waals surface area contributed by atoms with Gasteiger partial charge in [0.1, 0.15) is 6.33 Å². The quantitative estimate of drug-likeness (QED) is 0.148. The van der Waals surface area contributed by atoms with Gasteiger partial charge >= 0.3 is 0 Å². The van der Waals surface area contributed by atoms with Crippen molar-refractivity contribution >= 4 is 43.6 Å². The molecular formula is C76H88N10. The van der Waals surface area contributed by atoms with E-state index in [4.69, 9.17) is 0 Å². The minimum Gasteiger partial charge on any atom is -0.344 e. The van der Waals surface area contributed by atoms with E-state index in [1.165, 1.54) is 93.7 Å². The Morgan fingerprint density at radius 1 is 0.279 bits per heavy atom. The highest BCUT2D eigenvalue weighted by atomic mass is 14.9. The lowest BCUT2D eigenvalue weighted by Crippen LogP contribution is -1.85. The van der Waals surface area contributed by atoms with Gasteiger partial charge in [-0.05, 0) is 234 Å². The first-order chi connectivity index (χ1) is 41.1. The molecule has 0 aliphatic heterocycles. The molecule has 0 saturated carbocycles. The molecule has 442 valence electrons. The van der Waals surface area contributed by atoms with Crippen LogP contribution < -0.4 is 0 Å². The van der Waals surface area contributed by atoms with Crippen molar-refractivity contribution in [2.45, 2.75) is 111 Å². The Kier molecular flexibility index (Phi) is 26.8. The monoisotopic (exact) mass is 1140 g/mol. The van der Waals surface area contributed by atoms with Crippen LogP contribution in [-0.4, -0.2) is 49.0 Å². The van der Waals surface area contributed by atoms with Crippen LogP contribution in [-0.2, 0) is 14.1 Å². The van der Waals surface area contributed by atoms with Gasteiger partial charge in [-0.2, -0.15) is 0 Å². The van der Waals surface area contributed by atoms with Crippen LogP contribution in [0, 0.1) is 111 Å². The number of rotatable bonds is 0. The third kappa shape index (κ3) is 21.6. The molecule has 0 radical (unpaired) electrons. The minimum atomic E-state index is 1.06. The summed E-state index contributed by atoms with van der Waals surface area (Å²) in [5.74, 6) is 0. The first kappa shape index (κ1) is 67.3. The van der Waals surface area contributed by atoms with E-state index < -0.39 is 0 Å². The van der Waals surface area contributed by atoms with Crippen LogP contribution in [0.1, 0.15) is 89.8 Å². The Balaban J connectivity index is 0.000000180. The maximum absolute atomic E-state index is 4.17. The Labute approximate surface area is 512 Å². The molecule has 0 N–H and O–H groups in total. The molecule has 0 saturated heterocycles. The minimum absolute atomic E-state index is 1.06. The van der Waals surface area contributed by atoms with Gasteiger partial charge in [0.2, 0.25) is 0 Å². The lowest BCUT2D eigenvalue weighted by Gasteiger charge is -1.97. The zero-order valence-corrected chi connectivity index (χ0v) is 54.1. The fourth-order valence-corrected chi connectivity index (χ4v) is 8.85. The van der Waals surface area contributed by atoms with Crippen molar-refractivity contribution in [3.63, 3.8) is 0 Å². The predicted molar refractivity (Wildman–Crippen MR) is 364 cm³/mol. The van der Waals surface area contributed by atoms with E-state index in [1.54, 1.807) is 6.33 Å². The van der Waals surface area contributed by atoms with Gasteiger partial charge in [-0.15, -0.1) is 0 Å². The largest absolute Gasteiger partial charge is 0.344 e. The van der Waals surface area contributed by atoms with Crippen LogP contribution in [0.25, 0.3) is 43.6 Å². The molecule has 0 atom stereocenters. The van der Waals surface area contributed by atoms with Gasteiger partial charge in [-0.25, -0.2) is 9.97 Å². The van der Waals surface area contributed by atoms with Crippen LogP contribution in [0.2, 0.25) is 0 Å². The van der Waals surface area contributed by atoms with Crippen molar-refractivity contribution in [1.82, 2.24) is 49.0 Å². The van der Waals surface area contributed by atoms with Gasteiger partial charge < -0.3 is 9.13 Å². The molecule has 9 heterocycles. The second kappa shape index (κ2) is 34.3. The molecule has 13 rings (SSSR count). The summed E-state index contributed by atoms with van der Waals surface area (Å²) in [5.41, 5.74) is 24.3. The normalized spacial score (nSPS) is 9.98. The standard InChI is InChI=1S/2C14H13N.6C7H9N.C6H8N2/c1-10-6-5-9-13-14(10)11-7-3-4-8-12(11)15(13)2;1-10-7-8-14-12(9-10)11-5-3-4-6-13(11)15(14)2;1-6-3-7(2)5-8-4-6;1-6-3-4-8-5-7(6)2;1-6-3-4-8-7(2)5-6;1-6-3-4-7(2)8-5-6;1-6-4-3-5-8-7(6)2;1-6-4-3-5-7(2)8-6;1-5-3-7-4-8-6(5)2/h2*3-9H,1-2H3;6*3-5H,1-2H3;3-4H,1-2H3. The molecular weight excluding hydrogens is 1050 g/mol. The molecule has 0 unspecified atom stereocenters. The zero-order chi connectivity index (χ0) is 62.7. The number of aromatic nitrogens is 10. The van der Waals surface area contributed by atoms with Crippen LogP contribution in [0.3, 0.4) is 0 Å². The van der Waals surface area contributed by atoms with E-state index >= 15 is 0 Å². The Hall–Kier alpha value is -9.54. The van der Waals surface area contributed by atoms with Crippen molar-refractivity contribution in [2.75, 3.05) is 0 Å². The summed E-state index contributed by atoms with van der Waals surface area (Å²) in [7, 11) is 4.25. The molecule has 0 aliphatic rings. The highest BCUT2D eigenvalue weighted by molar-refractivity contribution is 6.10. The van der Waals surface area contributed by atoms with Crippen molar-refractivity contribution in [3.05, 3.63) is 297 Å². The molecule has 0 spiro atoms. The maximum Gasteiger partial charge on any atom is 0.115 e. The lowest BCUT2D eigenvalue weighted by atomic mass is 10.1. The van der Waals surface area contributed by atoms with Gasteiger partial charge in [0.15, 0.2) is 0 Å². The fraction of sp³-hybridized carbons (Fsp3) is 0.237. The predicted octanol–water partition coefficient (Wildman–Crippen LogP) is 18.6. The summed E-state index contributed by atoms with van der Waals surface area (Å²) in [5, 5.41) is 5.44. The van der Waals surface area contributed by atoms with Gasteiger partial charge in [-0.1, -0.05) is 84.4 Å². The summed E-state index contributed by atoms with van der Waals surface area (Å²) >= 11 is 0. The number of aryl methyl sites for hydroxylation is 18. The highest BCUT2D eigenvalue weighted by Gasteiger charge is 2.09. The highest BCUT2D eigenvalue weighted by Crippen LogP contribution is 2.30. The second-order valence-electron chi connectivity index (χ2n) is 21.7. The Morgan fingerprint density at radius 3 is 1.34 bits per heavy atom. The van der Waals surface area contributed by atoms with Crippen molar-refractivity contribution in [3.8, 4) is 0 Å². The number of fused-ring (bicyclic) bond motifs is 6. The molecule has 0 aliphatic carbocycles. The van der Waals surface area contributed by atoms with Crippen molar-refractivity contribution < 1.29 is 0 Å². The van der Waals surface area contributed by atoms with Gasteiger partial charge in [0, 0.05) is 141 Å². The Bertz CT molecular complexity index is 3830. The zero-order valence-electron chi connectivity index (χ0n) is 54.1. The molecule has 0 amide bonds. The SMILES string of the molecule is Cc1ccc(C)nc1.Cc1ccc2c(c1)c1ccccc1n2C.Cc1cccc(C)n1.Cc1cccc2c1c1ccccc1n2C.Cc1cccnc1C.Cc1ccnc(C)c1.Cc1ccncc1C.Cc1cncc(C)c1.Cc1cncnc1C. The Morgan fingerprint density at radius 2 is 0.849 bits per heavy atom. The van der Waals surface area contributed by atoms with E-state index in [9.17, 15) is 0 Å². The number of pyridine rings is 6. The van der Waals surface area contributed by atoms with E-state index in [-0.39, 0.29) is 0 Å².